The van der Waals surface area contributed by atoms with Gasteiger partial charge in [-0.3, -0.25) is 0 Å². The summed E-state index contributed by atoms with van der Waals surface area (Å²) in [6.45, 7) is 1.17. The zero-order chi connectivity index (χ0) is 12.3. The molecular weight excluding hydrogens is 232 g/mol. The SMILES string of the molecule is OCCCCCCNC(=S)Nc1ccccc1. The average molecular weight is 252 g/mol. The Hall–Kier alpha value is -1.13. The van der Waals surface area contributed by atoms with E-state index < -0.39 is 0 Å². The zero-order valence-electron chi connectivity index (χ0n) is 9.98. The minimum Gasteiger partial charge on any atom is -0.396 e. The maximum absolute atomic E-state index is 8.63. The highest BCUT2D eigenvalue weighted by Crippen LogP contribution is 2.04. The number of hydrogen-bond acceptors (Lipinski definition) is 2. The Morgan fingerprint density at radius 2 is 1.76 bits per heavy atom. The van der Waals surface area contributed by atoms with Crippen molar-refractivity contribution in [1.82, 2.24) is 5.32 Å². The molecule has 94 valence electrons. The molecule has 0 saturated carbocycles. The molecule has 17 heavy (non-hydrogen) atoms. The first-order valence-electron chi connectivity index (χ1n) is 6.03. The predicted molar refractivity (Wildman–Crippen MR) is 76.2 cm³/mol. The standard InChI is InChI=1S/C13H20N2OS/c16-11-7-2-1-6-10-14-13(17)15-12-8-4-3-5-9-12/h3-5,8-9,16H,1-2,6-7,10-11H2,(H2,14,15,17). The Morgan fingerprint density at radius 3 is 2.47 bits per heavy atom. The quantitative estimate of drug-likeness (QED) is 0.515. The van der Waals surface area contributed by atoms with Gasteiger partial charge in [0.2, 0.25) is 0 Å². The maximum Gasteiger partial charge on any atom is 0.170 e. The van der Waals surface area contributed by atoms with Crippen LogP contribution >= 0.6 is 12.2 Å². The lowest BCUT2D eigenvalue weighted by molar-refractivity contribution is 0.282. The smallest absolute Gasteiger partial charge is 0.170 e. The molecule has 0 aliphatic rings. The highest BCUT2D eigenvalue weighted by Gasteiger charge is 1.95. The third kappa shape index (κ3) is 6.92. The Labute approximate surface area is 108 Å². The van der Waals surface area contributed by atoms with E-state index in [0.717, 1.165) is 37.9 Å². The normalized spacial score (nSPS) is 9.94. The Kier molecular flexibility index (Phi) is 7.34. The molecule has 0 aromatic heterocycles. The fourth-order valence-electron chi connectivity index (χ4n) is 1.49. The van der Waals surface area contributed by atoms with Crippen molar-refractivity contribution in [1.29, 1.82) is 0 Å². The molecule has 0 atom stereocenters. The molecule has 1 aromatic rings. The summed E-state index contributed by atoms with van der Waals surface area (Å²) in [5.74, 6) is 0. The lowest BCUT2D eigenvalue weighted by atomic mass is 10.2. The first-order chi connectivity index (χ1) is 8.33. The van der Waals surface area contributed by atoms with Crippen LogP contribution in [0.2, 0.25) is 0 Å². The van der Waals surface area contributed by atoms with E-state index in [9.17, 15) is 0 Å². The number of rotatable bonds is 7. The van der Waals surface area contributed by atoms with Gasteiger partial charge in [-0.25, -0.2) is 0 Å². The monoisotopic (exact) mass is 252 g/mol. The number of unbranched alkanes of at least 4 members (excludes halogenated alkanes) is 3. The molecule has 0 spiro atoms. The van der Waals surface area contributed by atoms with Crippen molar-refractivity contribution in [3.63, 3.8) is 0 Å². The van der Waals surface area contributed by atoms with Crippen LogP contribution in [0.3, 0.4) is 0 Å². The molecule has 0 aliphatic carbocycles. The van der Waals surface area contributed by atoms with Crippen LogP contribution < -0.4 is 10.6 Å². The van der Waals surface area contributed by atoms with E-state index in [0.29, 0.717) is 11.7 Å². The van der Waals surface area contributed by atoms with Crippen molar-refractivity contribution >= 4 is 23.0 Å². The van der Waals surface area contributed by atoms with Crippen molar-refractivity contribution in [3.05, 3.63) is 30.3 Å². The Morgan fingerprint density at radius 1 is 1.06 bits per heavy atom. The zero-order valence-corrected chi connectivity index (χ0v) is 10.8. The topological polar surface area (TPSA) is 44.3 Å². The molecule has 3 N–H and O–H groups in total. The molecule has 0 heterocycles. The first kappa shape index (κ1) is 13.9. The Bertz CT molecular complexity index is 316. The van der Waals surface area contributed by atoms with Crippen LogP contribution in [0.15, 0.2) is 30.3 Å². The minimum absolute atomic E-state index is 0.293. The van der Waals surface area contributed by atoms with Crippen LogP contribution in [-0.4, -0.2) is 23.4 Å². The maximum atomic E-state index is 8.63. The number of nitrogens with one attached hydrogen (secondary N) is 2. The van der Waals surface area contributed by atoms with Crippen molar-refractivity contribution in [2.75, 3.05) is 18.5 Å². The average Bonchev–Trinajstić information content (AvgIpc) is 2.35. The van der Waals surface area contributed by atoms with E-state index in [1.807, 2.05) is 30.3 Å². The molecule has 0 unspecified atom stereocenters. The summed E-state index contributed by atoms with van der Waals surface area (Å²) < 4.78 is 0. The highest BCUT2D eigenvalue weighted by molar-refractivity contribution is 7.80. The summed E-state index contributed by atoms with van der Waals surface area (Å²) in [6.07, 6.45) is 4.18. The van der Waals surface area contributed by atoms with Gasteiger partial charge in [0.25, 0.3) is 0 Å². The van der Waals surface area contributed by atoms with Gasteiger partial charge in [0.15, 0.2) is 5.11 Å². The molecule has 4 heteroatoms. The minimum atomic E-state index is 0.293. The Balaban J connectivity index is 2.06. The van der Waals surface area contributed by atoms with Crippen molar-refractivity contribution in [3.8, 4) is 0 Å². The van der Waals surface area contributed by atoms with E-state index in [1.54, 1.807) is 0 Å². The molecule has 0 fully saturated rings. The second-order valence-corrected chi connectivity index (χ2v) is 4.29. The van der Waals surface area contributed by atoms with Crippen LogP contribution in [0.4, 0.5) is 5.69 Å². The molecule has 1 rings (SSSR count). The van der Waals surface area contributed by atoms with Gasteiger partial charge in [-0.2, -0.15) is 0 Å². The second kappa shape index (κ2) is 8.96. The fourth-order valence-corrected chi connectivity index (χ4v) is 1.71. The summed E-state index contributed by atoms with van der Waals surface area (Å²) in [4.78, 5) is 0. The highest BCUT2D eigenvalue weighted by atomic mass is 32.1. The van der Waals surface area contributed by atoms with Gasteiger partial charge in [-0.05, 0) is 37.2 Å². The van der Waals surface area contributed by atoms with Gasteiger partial charge in [0.05, 0.1) is 0 Å². The van der Waals surface area contributed by atoms with E-state index in [1.165, 1.54) is 0 Å². The van der Waals surface area contributed by atoms with E-state index in [4.69, 9.17) is 17.3 Å². The molecule has 0 saturated heterocycles. The summed E-state index contributed by atoms with van der Waals surface area (Å²) in [5, 5.41) is 15.6. The van der Waals surface area contributed by atoms with Gasteiger partial charge in [-0.1, -0.05) is 31.0 Å². The van der Waals surface area contributed by atoms with Crippen LogP contribution in [0.5, 0.6) is 0 Å². The van der Waals surface area contributed by atoms with Gasteiger partial charge in [0, 0.05) is 18.8 Å². The molecule has 0 radical (unpaired) electrons. The number of para-hydroxylation sites is 1. The largest absolute Gasteiger partial charge is 0.396 e. The van der Waals surface area contributed by atoms with Crippen molar-refractivity contribution < 1.29 is 5.11 Å². The summed E-state index contributed by atoms with van der Waals surface area (Å²) >= 11 is 5.17. The van der Waals surface area contributed by atoms with Gasteiger partial charge in [-0.15, -0.1) is 0 Å². The summed E-state index contributed by atoms with van der Waals surface area (Å²) in [6, 6.07) is 9.88. The molecule has 3 nitrogen and oxygen atoms in total. The van der Waals surface area contributed by atoms with Gasteiger partial charge >= 0.3 is 0 Å². The molecule has 0 amide bonds. The van der Waals surface area contributed by atoms with E-state index >= 15 is 0 Å². The van der Waals surface area contributed by atoms with E-state index in [2.05, 4.69) is 10.6 Å². The summed E-state index contributed by atoms with van der Waals surface area (Å²) in [5.41, 5.74) is 1.00. The fraction of sp³-hybridized carbons (Fsp3) is 0.462. The van der Waals surface area contributed by atoms with Gasteiger partial charge in [0.1, 0.15) is 0 Å². The van der Waals surface area contributed by atoms with E-state index in [-0.39, 0.29) is 0 Å². The number of thiocarbonyl (C=S) groups is 1. The molecule has 1 aromatic carbocycles. The van der Waals surface area contributed by atoms with Crippen molar-refractivity contribution in [2.45, 2.75) is 25.7 Å². The third-order valence-corrected chi connectivity index (χ3v) is 2.65. The van der Waals surface area contributed by atoms with Crippen molar-refractivity contribution in [2.24, 2.45) is 0 Å². The lowest BCUT2D eigenvalue weighted by Gasteiger charge is -2.10. The molecule has 0 aliphatic heterocycles. The number of anilines is 1. The molecule has 0 bridgehead atoms. The first-order valence-corrected chi connectivity index (χ1v) is 6.44. The van der Waals surface area contributed by atoms with Gasteiger partial charge < -0.3 is 15.7 Å². The number of hydrogen-bond donors (Lipinski definition) is 3. The lowest BCUT2D eigenvalue weighted by Crippen LogP contribution is -2.29. The molecular formula is C13H20N2OS. The third-order valence-electron chi connectivity index (χ3n) is 2.40. The van der Waals surface area contributed by atoms with Crippen LogP contribution in [-0.2, 0) is 0 Å². The number of aliphatic hydroxyl groups is 1. The predicted octanol–water partition coefficient (Wildman–Crippen LogP) is 2.53. The van der Waals surface area contributed by atoms with Crippen LogP contribution in [0.25, 0.3) is 0 Å². The summed E-state index contributed by atoms with van der Waals surface area (Å²) in [7, 11) is 0. The second-order valence-electron chi connectivity index (χ2n) is 3.88. The number of aliphatic hydroxyl groups excluding tert-OH is 1. The van der Waals surface area contributed by atoms with Crippen LogP contribution in [0.1, 0.15) is 25.7 Å². The van der Waals surface area contributed by atoms with Crippen LogP contribution in [0, 0.1) is 0 Å². The number of benzene rings is 1.